The second kappa shape index (κ2) is 10.0. The van der Waals surface area contributed by atoms with Crippen LogP contribution in [0.4, 0.5) is 13.2 Å². The molecule has 0 heterocycles. The minimum Gasteiger partial charge on any atom is -0.314 e. The SMILES string of the molecule is CCNC(C)Cc1cccc(C(F)(F)F)c1.Cl.O=S(=O)(O)O. The number of hydrogen-bond donors (Lipinski definition) is 3. The lowest BCUT2D eigenvalue weighted by Gasteiger charge is -2.13. The van der Waals surface area contributed by atoms with Crippen LogP contribution < -0.4 is 5.32 Å². The summed E-state index contributed by atoms with van der Waals surface area (Å²) in [6.45, 7) is 4.76. The molecular weight excluding hydrogens is 347 g/mol. The third-order valence-electron chi connectivity index (χ3n) is 2.35. The number of hydrogen-bond acceptors (Lipinski definition) is 3. The van der Waals surface area contributed by atoms with Gasteiger partial charge in [-0.3, -0.25) is 9.11 Å². The van der Waals surface area contributed by atoms with Gasteiger partial charge in [-0.2, -0.15) is 21.6 Å². The maximum atomic E-state index is 12.4. The Bertz CT molecular complexity index is 529. The molecule has 1 atom stereocenters. The summed E-state index contributed by atoms with van der Waals surface area (Å²) in [6.07, 6.45) is -3.64. The van der Waals surface area contributed by atoms with Gasteiger partial charge in [0.25, 0.3) is 0 Å². The molecule has 5 nitrogen and oxygen atoms in total. The molecule has 1 unspecified atom stereocenters. The van der Waals surface area contributed by atoms with E-state index < -0.39 is 22.1 Å². The average Bonchev–Trinajstić information content (AvgIpc) is 2.26. The third kappa shape index (κ3) is 12.8. The molecule has 10 heteroatoms. The van der Waals surface area contributed by atoms with Crippen LogP contribution in [-0.4, -0.2) is 30.1 Å². The van der Waals surface area contributed by atoms with Crippen molar-refractivity contribution in [2.45, 2.75) is 32.5 Å². The van der Waals surface area contributed by atoms with Crippen molar-refractivity contribution in [3.05, 3.63) is 35.4 Å². The molecule has 0 radical (unpaired) electrons. The predicted octanol–water partition coefficient (Wildman–Crippen LogP) is 3.01. The van der Waals surface area contributed by atoms with E-state index in [9.17, 15) is 13.2 Å². The van der Waals surface area contributed by atoms with E-state index in [1.807, 2.05) is 13.8 Å². The van der Waals surface area contributed by atoms with Crippen molar-refractivity contribution in [2.24, 2.45) is 0 Å². The van der Waals surface area contributed by atoms with Gasteiger partial charge in [0.15, 0.2) is 0 Å². The zero-order valence-electron chi connectivity index (χ0n) is 12.0. The summed E-state index contributed by atoms with van der Waals surface area (Å²) in [4.78, 5) is 0. The molecule has 22 heavy (non-hydrogen) atoms. The van der Waals surface area contributed by atoms with Gasteiger partial charge in [-0.05, 0) is 31.5 Å². The van der Waals surface area contributed by atoms with Gasteiger partial charge in [0, 0.05) is 6.04 Å². The standard InChI is InChI=1S/C12H16F3N.ClH.H2O4S/c1-3-16-9(2)7-10-5-4-6-11(8-10)12(13,14)15;;1-5(2,3)4/h4-6,8-9,16H,3,7H2,1-2H3;1H;(H2,1,2,3,4). The van der Waals surface area contributed by atoms with Gasteiger partial charge in [0.2, 0.25) is 0 Å². The topological polar surface area (TPSA) is 86.6 Å². The van der Waals surface area contributed by atoms with Crippen LogP contribution in [0.1, 0.15) is 25.0 Å². The lowest BCUT2D eigenvalue weighted by molar-refractivity contribution is -0.137. The van der Waals surface area contributed by atoms with Crippen LogP contribution in [0.5, 0.6) is 0 Å². The summed E-state index contributed by atoms with van der Waals surface area (Å²) in [5.41, 5.74) is 0.136. The summed E-state index contributed by atoms with van der Waals surface area (Å²) < 4.78 is 68.9. The van der Waals surface area contributed by atoms with E-state index >= 15 is 0 Å². The van der Waals surface area contributed by atoms with Gasteiger partial charge in [0.1, 0.15) is 0 Å². The fraction of sp³-hybridized carbons (Fsp3) is 0.500. The maximum absolute atomic E-state index is 12.4. The quantitative estimate of drug-likeness (QED) is 0.714. The molecule has 3 N–H and O–H groups in total. The first-order chi connectivity index (χ1) is 9.43. The van der Waals surface area contributed by atoms with Crippen LogP contribution in [0.2, 0.25) is 0 Å². The molecule has 0 aliphatic rings. The minimum atomic E-state index is -4.67. The Kier molecular flexibility index (Phi) is 10.6. The summed E-state index contributed by atoms with van der Waals surface area (Å²) in [6, 6.07) is 5.68. The van der Waals surface area contributed by atoms with Crippen molar-refractivity contribution in [3.63, 3.8) is 0 Å². The van der Waals surface area contributed by atoms with E-state index in [-0.39, 0.29) is 18.4 Å². The van der Waals surface area contributed by atoms with Gasteiger partial charge in [-0.15, -0.1) is 12.4 Å². The van der Waals surface area contributed by atoms with Crippen molar-refractivity contribution in [1.29, 1.82) is 0 Å². The summed E-state index contributed by atoms with van der Waals surface area (Å²) in [5.74, 6) is 0. The van der Waals surface area contributed by atoms with Gasteiger partial charge in [-0.25, -0.2) is 0 Å². The molecule has 0 bridgehead atoms. The van der Waals surface area contributed by atoms with Gasteiger partial charge in [-0.1, -0.05) is 25.1 Å². The fourth-order valence-corrected chi connectivity index (χ4v) is 1.65. The monoisotopic (exact) mass is 365 g/mol. The lowest BCUT2D eigenvalue weighted by atomic mass is 10.0. The van der Waals surface area contributed by atoms with E-state index in [0.717, 1.165) is 12.6 Å². The van der Waals surface area contributed by atoms with Crippen LogP contribution in [0.15, 0.2) is 24.3 Å². The zero-order valence-corrected chi connectivity index (χ0v) is 13.6. The second-order valence-corrected chi connectivity index (χ2v) is 5.20. The molecule has 0 aromatic heterocycles. The largest absolute Gasteiger partial charge is 0.416 e. The lowest BCUT2D eigenvalue weighted by Crippen LogP contribution is -2.27. The molecule has 130 valence electrons. The first kappa shape index (κ1) is 23.4. The van der Waals surface area contributed by atoms with Crippen LogP contribution >= 0.6 is 12.4 Å². The van der Waals surface area contributed by atoms with E-state index in [4.69, 9.17) is 17.5 Å². The second-order valence-electron chi connectivity index (χ2n) is 4.31. The van der Waals surface area contributed by atoms with Crippen molar-refractivity contribution in [3.8, 4) is 0 Å². The molecule has 0 amide bonds. The van der Waals surface area contributed by atoms with Crippen LogP contribution in [0.25, 0.3) is 0 Å². The summed E-state index contributed by atoms with van der Waals surface area (Å²) >= 11 is 0. The minimum absolute atomic E-state index is 0. The number of halogens is 4. The highest BCUT2D eigenvalue weighted by molar-refractivity contribution is 7.79. The molecule has 0 saturated heterocycles. The average molecular weight is 366 g/mol. The van der Waals surface area contributed by atoms with Crippen molar-refractivity contribution < 1.29 is 30.7 Å². The Morgan fingerprint density at radius 2 is 1.77 bits per heavy atom. The number of nitrogens with one attached hydrogen (secondary N) is 1. The van der Waals surface area contributed by atoms with E-state index in [1.165, 1.54) is 12.1 Å². The number of rotatable bonds is 4. The van der Waals surface area contributed by atoms with E-state index in [0.29, 0.717) is 12.0 Å². The highest BCUT2D eigenvalue weighted by Gasteiger charge is 2.30. The highest BCUT2D eigenvalue weighted by atomic mass is 35.5. The van der Waals surface area contributed by atoms with Crippen molar-refractivity contribution in [1.82, 2.24) is 5.32 Å². The predicted molar refractivity (Wildman–Crippen MR) is 79.7 cm³/mol. The van der Waals surface area contributed by atoms with Crippen molar-refractivity contribution in [2.75, 3.05) is 6.54 Å². The van der Waals surface area contributed by atoms with Gasteiger partial charge in [0.05, 0.1) is 5.56 Å². The highest BCUT2D eigenvalue weighted by Crippen LogP contribution is 2.29. The number of benzene rings is 1. The normalized spacial score (nSPS) is 12.7. The Labute approximate surface area is 133 Å². The smallest absolute Gasteiger partial charge is 0.314 e. The summed E-state index contributed by atoms with van der Waals surface area (Å²) in [7, 11) is -4.67. The summed E-state index contributed by atoms with van der Waals surface area (Å²) in [5, 5.41) is 3.17. The maximum Gasteiger partial charge on any atom is 0.416 e. The fourth-order valence-electron chi connectivity index (χ4n) is 1.65. The molecule has 0 aliphatic carbocycles. The first-order valence-corrected chi connectivity index (χ1v) is 7.42. The van der Waals surface area contributed by atoms with Crippen LogP contribution in [0, 0.1) is 0 Å². The Balaban J connectivity index is 0. The van der Waals surface area contributed by atoms with Gasteiger partial charge < -0.3 is 5.32 Å². The molecule has 1 rings (SSSR count). The Hall–Kier alpha value is -0.870. The van der Waals surface area contributed by atoms with Crippen LogP contribution in [-0.2, 0) is 23.0 Å². The molecule has 0 spiro atoms. The zero-order chi connectivity index (χ0) is 16.7. The van der Waals surface area contributed by atoms with Crippen LogP contribution in [0.3, 0.4) is 0 Å². The van der Waals surface area contributed by atoms with E-state index in [2.05, 4.69) is 5.32 Å². The molecular formula is C12H19ClF3NO4S. The van der Waals surface area contributed by atoms with Crippen molar-refractivity contribution >= 4 is 22.8 Å². The first-order valence-electron chi connectivity index (χ1n) is 6.03. The third-order valence-corrected chi connectivity index (χ3v) is 2.35. The van der Waals surface area contributed by atoms with E-state index in [1.54, 1.807) is 6.07 Å². The molecule has 0 fully saturated rings. The molecule has 1 aromatic carbocycles. The number of alkyl halides is 3. The number of likely N-dealkylation sites (N-methyl/N-ethyl adjacent to an activating group) is 1. The Morgan fingerprint density at radius 3 is 2.18 bits per heavy atom. The molecule has 0 aliphatic heterocycles. The molecule has 1 aromatic rings. The van der Waals surface area contributed by atoms with Gasteiger partial charge >= 0.3 is 16.6 Å². The molecule has 0 saturated carbocycles. The Morgan fingerprint density at radius 1 is 1.27 bits per heavy atom.